The van der Waals surface area contributed by atoms with Crippen LogP contribution in [0.4, 0.5) is 0 Å². The third-order valence-electron chi connectivity index (χ3n) is 2.81. The minimum atomic E-state index is -0.947. The van der Waals surface area contributed by atoms with Crippen molar-refractivity contribution in [3.63, 3.8) is 0 Å². The van der Waals surface area contributed by atoms with E-state index in [2.05, 4.69) is 26.0 Å². The van der Waals surface area contributed by atoms with Gasteiger partial charge in [-0.1, -0.05) is 32.0 Å². The fraction of sp³-hybridized carbons (Fsp3) is 0.462. The van der Waals surface area contributed by atoms with Gasteiger partial charge in [-0.15, -0.1) is 0 Å². The zero-order valence-electron chi connectivity index (χ0n) is 9.86. The lowest BCUT2D eigenvalue weighted by Gasteiger charge is -2.10. The molecule has 1 aromatic carbocycles. The molecule has 0 saturated heterocycles. The lowest BCUT2D eigenvalue weighted by molar-refractivity contribution is -0.138. The minimum absolute atomic E-state index is 0.395. The van der Waals surface area contributed by atoms with Gasteiger partial charge >= 0.3 is 5.97 Å². The normalized spacial score (nSPS) is 12.4. The lowest BCUT2D eigenvalue weighted by Crippen LogP contribution is -2.32. The number of nitrogens with two attached hydrogens (primary N) is 1. The third kappa shape index (κ3) is 3.07. The first-order valence-electron chi connectivity index (χ1n) is 5.67. The Morgan fingerprint density at radius 2 is 1.94 bits per heavy atom. The summed E-state index contributed by atoms with van der Waals surface area (Å²) < 4.78 is 0. The van der Waals surface area contributed by atoms with Gasteiger partial charge in [-0.25, -0.2) is 0 Å². The van der Waals surface area contributed by atoms with Crippen molar-refractivity contribution in [2.24, 2.45) is 5.73 Å². The molecule has 1 atom stereocenters. The average Bonchev–Trinajstić information content (AvgIpc) is 2.28. The molecule has 0 heterocycles. The molecule has 88 valence electrons. The van der Waals surface area contributed by atoms with Crippen LogP contribution < -0.4 is 5.73 Å². The molecule has 0 unspecified atom stereocenters. The van der Waals surface area contributed by atoms with Gasteiger partial charge in [0, 0.05) is 0 Å². The zero-order valence-corrected chi connectivity index (χ0v) is 9.86. The molecular formula is C13H19NO2. The molecule has 0 aliphatic heterocycles. The van der Waals surface area contributed by atoms with E-state index in [1.165, 1.54) is 11.1 Å². The van der Waals surface area contributed by atoms with E-state index >= 15 is 0 Å². The van der Waals surface area contributed by atoms with Crippen LogP contribution in [0, 0.1) is 0 Å². The number of carboxylic acids is 1. The Balaban J connectivity index is 2.86. The Morgan fingerprint density at radius 3 is 2.44 bits per heavy atom. The van der Waals surface area contributed by atoms with Crippen molar-refractivity contribution in [3.8, 4) is 0 Å². The van der Waals surface area contributed by atoms with Crippen molar-refractivity contribution < 1.29 is 9.90 Å². The predicted molar refractivity (Wildman–Crippen MR) is 64.5 cm³/mol. The van der Waals surface area contributed by atoms with E-state index in [1.54, 1.807) is 0 Å². The molecule has 3 nitrogen and oxygen atoms in total. The van der Waals surface area contributed by atoms with Crippen LogP contribution in [0.15, 0.2) is 18.2 Å². The highest BCUT2D eigenvalue weighted by atomic mass is 16.4. The Morgan fingerprint density at radius 1 is 1.31 bits per heavy atom. The Labute approximate surface area is 96.3 Å². The van der Waals surface area contributed by atoms with Crippen molar-refractivity contribution in [2.45, 2.75) is 39.2 Å². The van der Waals surface area contributed by atoms with Crippen LogP contribution in [-0.4, -0.2) is 17.1 Å². The van der Waals surface area contributed by atoms with Gasteiger partial charge in [0.25, 0.3) is 0 Å². The highest BCUT2D eigenvalue weighted by Gasteiger charge is 2.12. The summed E-state index contributed by atoms with van der Waals surface area (Å²) in [6.07, 6.45) is 2.38. The number of carbonyl (C=O) groups is 1. The minimum Gasteiger partial charge on any atom is -0.480 e. The second-order valence-electron chi connectivity index (χ2n) is 3.96. The molecule has 0 aromatic heterocycles. The Hall–Kier alpha value is -1.35. The maximum absolute atomic E-state index is 10.7. The fourth-order valence-corrected chi connectivity index (χ4v) is 1.82. The van der Waals surface area contributed by atoms with Gasteiger partial charge in [0.1, 0.15) is 6.04 Å². The lowest BCUT2D eigenvalue weighted by atomic mass is 9.97. The molecule has 3 heteroatoms. The van der Waals surface area contributed by atoms with E-state index in [1.807, 2.05) is 6.07 Å². The van der Waals surface area contributed by atoms with Gasteiger partial charge < -0.3 is 10.8 Å². The van der Waals surface area contributed by atoms with Gasteiger partial charge in [0.15, 0.2) is 0 Å². The van der Waals surface area contributed by atoms with Gasteiger partial charge in [0.05, 0.1) is 0 Å². The molecule has 0 spiro atoms. The summed E-state index contributed by atoms with van der Waals surface area (Å²) in [4.78, 5) is 10.7. The van der Waals surface area contributed by atoms with Crippen LogP contribution in [0.25, 0.3) is 0 Å². The maximum Gasteiger partial charge on any atom is 0.320 e. The summed E-state index contributed by atoms with van der Waals surface area (Å²) in [5.74, 6) is -0.947. The van der Waals surface area contributed by atoms with Crippen molar-refractivity contribution in [3.05, 3.63) is 34.9 Å². The molecule has 0 saturated carbocycles. The number of carboxylic acid groups (broad SMARTS) is 1. The number of benzene rings is 1. The first kappa shape index (κ1) is 12.7. The van der Waals surface area contributed by atoms with Gasteiger partial charge in [0.2, 0.25) is 0 Å². The molecule has 0 aliphatic rings. The Kier molecular flexibility index (Phi) is 4.50. The summed E-state index contributed by atoms with van der Waals surface area (Å²) in [6.45, 7) is 4.23. The number of hydrogen-bond acceptors (Lipinski definition) is 2. The highest BCUT2D eigenvalue weighted by molar-refractivity contribution is 5.73. The Bertz CT molecular complexity index is 374. The standard InChI is InChI=1S/C13H19NO2/c1-3-10-6-5-9(7-11(10)4-2)8-12(14)13(15)16/h5-7,12H,3-4,8,14H2,1-2H3,(H,15,16)/t12-/m0/s1. The summed E-state index contributed by atoms with van der Waals surface area (Å²) in [6, 6.07) is 5.31. The van der Waals surface area contributed by atoms with Crippen molar-refractivity contribution in [1.82, 2.24) is 0 Å². The van der Waals surface area contributed by atoms with Crippen LogP contribution in [0.2, 0.25) is 0 Å². The fourth-order valence-electron chi connectivity index (χ4n) is 1.82. The quantitative estimate of drug-likeness (QED) is 0.796. The smallest absolute Gasteiger partial charge is 0.320 e. The first-order chi connectivity index (χ1) is 7.58. The van der Waals surface area contributed by atoms with E-state index in [0.717, 1.165) is 18.4 Å². The molecule has 16 heavy (non-hydrogen) atoms. The zero-order chi connectivity index (χ0) is 12.1. The van der Waals surface area contributed by atoms with Crippen LogP contribution in [0.5, 0.6) is 0 Å². The molecule has 3 N–H and O–H groups in total. The van der Waals surface area contributed by atoms with Crippen LogP contribution in [-0.2, 0) is 24.1 Å². The van der Waals surface area contributed by atoms with Crippen molar-refractivity contribution in [1.29, 1.82) is 0 Å². The topological polar surface area (TPSA) is 63.3 Å². The molecule has 0 radical (unpaired) electrons. The SMILES string of the molecule is CCc1ccc(C[C@H](N)C(=O)O)cc1CC. The maximum atomic E-state index is 10.7. The van der Waals surface area contributed by atoms with E-state index in [9.17, 15) is 4.79 Å². The van der Waals surface area contributed by atoms with Gasteiger partial charge in [-0.05, 0) is 36.0 Å². The molecular weight excluding hydrogens is 202 g/mol. The number of aryl methyl sites for hydroxylation is 2. The number of rotatable bonds is 5. The summed E-state index contributed by atoms with van der Waals surface area (Å²) in [5.41, 5.74) is 9.13. The third-order valence-corrected chi connectivity index (χ3v) is 2.81. The van der Waals surface area contributed by atoms with Gasteiger partial charge in [-0.2, -0.15) is 0 Å². The summed E-state index contributed by atoms with van der Waals surface area (Å²) in [7, 11) is 0. The molecule has 0 aliphatic carbocycles. The summed E-state index contributed by atoms with van der Waals surface area (Å²) in [5, 5.41) is 8.75. The first-order valence-corrected chi connectivity index (χ1v) is 5.67. The highest BCUT2D eigenvalue weighted by Crippen LogP contribution is 2.14. The molecule has 1 aromatic rings. The molecule has 0 bridgehead atoms. The molecule has 1 rings (SSSR count). The largest absolute Gasteiger partial charge is 0.480 e. The van der Waals surface area contributed by atoms with Crippen LogP contribution in [0.1, 0.15) is 30.5 Å². The van der Waals surface area contributed by atoms with E-state index in [-0.39, 0.29) is 0 Å². The molecule has 0 amide bonds. The van der Waals surface area contributed by atoms with E-state index < -0.39 is 12.0 Å². The second-order valence-corrected chi connectivity index (χ2v) is 3.96. The monoisotopic (exact) mass is 221 g/mol. The predicted octanol–water partition coefficient (Wildman–Crippen LogP) is 1.77. The number of hydrogen-bond donors (Lipinski definition) is 2. The van der Waals surface area contributed by atoms with Gasteiger partial charge in [-0.3, -0.25) is 4.79 Å². The van der Waals surface area contributed by atoms with E-state index in [0.29, 0.717) is 6.42 Å². The van der Waals surface area contributed by atoms with Crippen LogP contribution in [0.3, 0.4) is 0 Å². The van der Waals surface area contributed by atoms with Crippen molar-refractivity contribution >= 4 is 5.97 Å². The van der Waals surface area contributed by atoms with Crippen molar-refractivity contribution in [2.75, 3.05) is 0 Å². The number of aliphatic carboxylic acids is 1. The molecule has 0 fully saturated rings. The second kappa shape index (κ2) is 5.66. The van der Waals surface area contributed by atoms with Crippen LogP contribution >= 0.6 is 0 Å². The summed E-state index contributed by atoms with van der Waals surface area (Å²) >= 11 is 0. The average molecular weight is 221 g/mol. The van der Waals surface area contributed by atoms with E-state index in [4.69, 9.17) is 10.8 Å².